The second-order valence-corrected chi connectivity index (χ2v) is 4.63. The largest absolute Gasteiger partial charge is 0.479 e. The van der Waals surface area contributed by atoms with Gasteiger partial charge in [-0.25, -0.2) is 0 Å². The van der Waals surface area contributed by atoms with Gasteiger partial charge in [-0.15, -0.1) is 10.2 Å². The molecule has 2 N–H and O–H groups in total. The predicted molar refractivity (Wildman–Crippen MR) is 97.2 cm³/mol. The van der Waals surface area contributed by atoms with Crippen LogP contribution < -0.4 is 14.8 Å². The van der Waals surface area contributed by atoms with Crippen molar-refractivity contribution in [3.63, 3.8) is 0 Å². The van der Waals surface area contributed by atoms with Crippen LogP contribution in [0.15, 0.2) is 6.33 Å². The van der Waals surface area contributed by atoms with Gasteiger partial charge in [0.25, 0.3) is 0 Å². The van der Waals surface area contributed by atoms with Gasteiger partial charge in [0.2, 0.25) is 17.7 Å². The van der Waals surface area contributed by atoms with Crippen LogP contribution in [0.5, 0.6) is 11.8 Å². The summed E-state index contributed by atoms with van der Waals surface area (Å²) in [5, 5.41) is 20.3. The van der Waals surface area contributed by atoms with Gasteiger partial charge in [-0.3, -0.25) is 4.57 Å². The lowest BCUT2D eigenvalue weighted by molar-refractivity contribution is 0.0934. The van der Waals surface area contributed by atoms with E-state index in [0.717, 1.165) is 0 Å². The monoisotopic (exact) mass is 368 g/mol. The van der Waals surface area contributed by atoms with E-state index in [1.807, 2.05) is 20.8 Å². The Morgan fingerprint density at radius 2 is 1.73 bits per heavy atom. The second-order valence-electron chi connectivity index (χ2n) is 4.63. The van der Waals surface area contributed by atoms with Crippen molar-refractivity contribution in [1.29, 1.82) is 0 Å². The number of hydrogen-bond acceptors (Lipinski definition) is 9. The summed E-state index contributed by atoms with van der Waals surface area (Å²) in [6.07, 6.45) is 1.85. The van der Waals surface area contributed by atoms with E-state index in [-0.39, 0.29) is 13.2 Å². The maximum atomic E-state index is 8.79. The van der Waals surface area contributed by atoms with E-state index in [2.05, 4.69) is 25.5 Å². The van der Waals surface area contributed by atoms with Gasteiger partial charge in [0, 0.05) is 13.0 Å². The Morgan fingerprint density at radius 1 is 1.08 bits per heavy atom. The molecule has 0 aliphatic rings. The molecule has 10 nitrogen and oxygen atoms in total. The molecule has 10 heteroatoms. The van der Waals surface area contributed by atoms with Crippen molar-refractivity contribution in [3.8, 4) is 17.4 Å². The Kier molecular flexibility index (Phi) is 9.95. The predicted octanol–water partition coefficient (Wildman–Crippen LogP) is 1.08. The minimum absolute atomic E-state index is 0.0243. The molecule has 0 amide bonds. The van der Waals surface area contributed by atoms with Crippen LogP contribution >= 0.6 is 0 Å². The molecular formula is C16H28N6O4. The lowest BCUT2D eigenvalue weighted by atomic mass is 10.3. The normalized spacial score (nSPS) is 10.1. The summed E-state index contributed by atoms with van der Waals surface area (Å²) in [5.41, 5.74) is 0.514. The van der Waals surface area contributed by atoms with E-state index in [0.29, 0.717) is 48.8 Å². The number of nitrogens with zero attached hydrogens (tertiary/aromatic N) is 5. The lowest BCUT2D eigenvalue weighted by Crippen LogP contribution is -2.13. The molecule has 146 valence electrons. The fourth-order valence-corrected chi connectivity index (χ4v) is 2.15. The van der Waals surface area contributed by atoms with Gasteiger partial charge in [0.1, 0.15) is 12.2 Å². The minimum Gasteiger partial charge on any atom is -0.479 e. The average molecular weight is 368 g/mol. The molecule has 2 aromatic heterocycles. The van der Waals surface area contributed by atoms with Crippen molar-refractivity contribution < 1.29 is 19.3 Å². The van der Waals surface area contributed by atoms with Gasteiger partial charge in [0.15, 0.2) is 5.69 Å². The summed E-state index contributed by atoms with van der Waals surface area (Å²) in [4.78, 5) is 8.26. The van der Waals surface area contributed by atoms with Crippen LogP contribution in [0.25, 0.3) is 5.69 Å². The number of rotatable bonds is 10. The maximum absolute atomic E-state index is 8.79. The molecule has 0 aromatic carbocycles. The van der Waals surface area contributed by atoms with E-state index in [1.165, 1.54) is 20.5 Å². The highest BCUT2D eigenvalue weighted by Crippen LogP contribution is 2.31. The molecule has 2 aromatic rings. The summed E-state index contributed by atoms with van der Waals surface area (Å²) in [6, 6.07) is 0. The van der Waals surface area contributed by atoms with Gasteiger partial charge in [-0.05, 0) is 6.92 Å². The highest BCUT2D eigenvalue weighted by atomic mass is 16.5. The molecule has 0 bridgehead atoms. The molecule has 0 saturated heterocycles. The Labute approximate surface area is 153 Å². The summed E-state index contributed by atoms with van der Waals surface area (Å²) >= 11 is 0. The third-order valence-corrected chi connectivity index (χ3v) is 3.14. The maximum Gasteiger partial charge on any atom is 0.245 e. The number of aromatic nitrogens is 5. The molecule has 0 saturated carbocycles. The molecule has 0 aliphatic carbocycles. The zero-order valence-electron chi connectivity index (χ0n) is 16.0. The second kappa shape index (κ2) is 12.0. The topological polar surface area (TPSA) is 116 Å². The fraction of sp³-hybridized carbons (Fsp3) is 0.625. The van der Waals surface area contributed by atoms with Gasteiger partial charge in [0.05, 0.1) is 34.0 Å². The molecule has 0 radical (unpaired) electrons. The van der Waals surface area contributed by atoms with Gasteiger partial charge >= 0.3 is 0 Å². The quantitative estimate of drug-likeness (QED) is 0.594. The number of hydrogen-bond donors (Lipinski definition) is 2. The van der Waals surface area contributed by atoms with Crippen molar-refractivity contribution in [2.45, 2.75) is 27.2 Å². The van der Waals surface area contributed by atoms with Crippen molar-refractivity contribution >= 4 is 5.95 Å². The third kappa shape index (κ3) is 5.27. The average Bonchev–Trinajstić information content (AvgIpc) is 3.08. The van der Waals surface area contributed by atoms with E-state index in [9.17, 15) is 0 Å². The van der Waals surface area contributed by atoms with Crippen molar-refractivity contribution in [1.82, 2.24) is 24.7 Å². The van der Waals surface area contributed by atoms with E-state index in [4.69, 9.17) is 19.3 Å². The number of ether oxygens (including phenoxy) is 3. The highest BCUT2D eigenvalue weighted by molar-refractivity contribution is 5.54. The smallest absolute Gasteiger partial charge is 0.245 e. The van der Waals surface area contributed by atoms with Crippen molar-refractivity contribution in [2.75, 3.05) is 45.9 Å². The van der Waals surface area contributed by atoms with Crippen molar-refractivity contribution in [2.24, 2.45) is 0 Å². The minimum atomic E-state index is -0.0243. The third-order valence-electron chi connectivity index (χ3n) is 3.14. The molecule has 2 rings (SSSR count). The molecule has 0 spiro atoms. The van der Waals surface area contributed by atoms with Gasteiger partial charge in [-0.2, -0.15) is 9.97 Å². The number of aliphatic hydroxyl groups excluding tert-OH is 1. The lowest BCUT2D eigenvalue weighted by Gasteiger charge is -2.15. The van der Waals surface area contributed by atoms with E-state index < -0.39 is 0 Å². The van der Waals surface area contributed by atoms with Crippen LogP contribution in [0.1, 0.15) is 26.6 Å². The Balaban J connectivity index is 0.00000163. The molecule has 0 fully saturated rings. The SMILES string of the molecule is CC.CCNc1nnc(CCOCCO)n1-c1c(OC)ncnc1OC. The van der Waals surface area contributed by atoms with Gasteiger partial charge in [-0.1, -0.05) is 13.8 Å². The summed E-state index contributed by atoms with van der Waals surface area (Å²) < 4.78 is 17.8. The van der Waals surface area contributed by atoms with Crippen LogP contribution in [-0.2, 0) is 11.2 Å². The highest BCUT2D eigenvalue weighted by Gasteiger charge is 2.22. The fourth-order valence-electron chi connectivity index (χ4n) is 2.15. The van der Waals surface area contributed by atoms with Crippen LogP contribution in [0, 0.1) is 0 Å². The first-order valence-corrected chi connectivity index (χ1v) is 8.56. The van der Waals surface area contributed by atoms with Crippen LogP contribution in [0.4, 0.5) is 5.95 Å². The number of anilines is 1. The standard InChI is InChI=1S/C14H22N6O4.C2H6/c1-4-15-14-19-18-10(5-7-24-8-6-21)20(14)11-12(22-2)16-9-17-13(11)23-3;1-2/h9,21H,4-8H2,1-3H3,(H,15,19);1-2H3. The molecular weight excluding hydrogens is 340 g/mol. The Bertz CT molecular complexity index is 627. The molecule has 0 unspecified atom stereocenters. The zero-order chi connectivity index (χ0) is 19.4. The summed E-state index contributed by atoms with van der Waals surface area (Å²) in [6.45, 7) is 7.26. The van der Waals surface area contributed by atoms with E-state index >= 15 is 0 Å². The molecule has 2 heterocycles. The first kappa shape index (κ1) is 21.6. The summed E-state index contributed by atoms with van der Waals surface area (Å²) in [7, 11) is 3.04. The molecule has 0 atom stereocenters. The Hall–Kier alpha value is -2.46. The Morgan fingerprint density at radius 3 is 2.27 bits per heavy atom. The molecule has 26 heavy (non-hydrogen) atoms. The van der Waals surface area contributed by atoms with Crippen LogP contribution in [0.3, 0.4) is 0 Å². The van der Waals surface area contributed by atoms with Crippen molar-refractivity contribution in [3.05, 3.63) is 12.2 Å². The van der Waals surface area contributed by atoms with Crippen LogP contribution in [-0.4, -0.2) is 70.4 Å². The number of methoxy groups -OCH3 is 2. The first-order valence-electron chi connectivity index (χ1n) is 8.56. The summed E-state index contributed by atoms with van der Waals surface area (Å²) in [5.74, 6) is 1.85. The van der Waals surface area contributed by atoms with Crippen LogP contribution in [0.2, 0.25) is 0 Å². The number of aliphatic hydroxyl groups is 1. The van der Waals surface area contributed by atoms with Gasteiger partial charge < -0.3 is 24.6 Å². The first-order chi connectivity index (χ1) is 12.8. The molecule has 0 aliphatic heterocycles. The zero-order valence-corrected chi connectivity index (χ0v) is 16.0. The number of nitrogens with one attached hydrogen (secondary N) is 1. The van der Waals surface area contributed by atoms with E-state index in [1.54, 1.807) is 4.57 Å².